The lowest BCUT2D eigenvalue weighted by molar-refractivity contribution is 1.07. The summed E-state index contributed by atoms with van der Waals surface area (Å²) in [6.45, 7) is 4.35. The van der Waals surface area contributed by atoms with E-state index in [1.165, 1.54) is 12.0 Å². The normalized spacial score (nSPS) is 12.1. The maximum absolute atomic E-state index is 3.41. The maximum atomic E-state index is 3.41. The molecule has 0 aromatic carbocycles. The zero-order valence-corrected chi connectivity index (χ0v) is 7.16. The molecule has 0 atom stereocenters. The molecule has 0 fully saturated rings. The van der Waals surface area contributed by atoms with Crippen molar-refractivity contribution in [1.82, 2.24) is 0 Å². The second-order valence-electron chi connectivity index (χ2n) is 1.76. The highest BCUT2D eigenvalue weighted by Crippen LogP contribution is 2.04. The van der Waals surface area contributed by atoms with E-state index >= 15 is 0 Å². The van der Waals surface area contributed by atoms with E-state index < -0.39 is 0 Å². The van der Waals surface area contributed by atoms with Crippen LogP contribution < -0.4 is 0 Å². The van der Waals surface area contributed by atoms with Crippen LogP contribution in [0.15, 0.2) is 11.6 Å². The van der Waals surface area contributed by atoms with Crippen molar-refractivity contribution in [2.45, 2.75) is 26.7 Å². The van der Waals surface area contributed by atoms with E-state index in [1.807, 2.05) is 0 Å². The van der Waals surface area contributed by atoms with Gasteiger partial charge in [0.05, 0.1) is 0 Å². The van der Waals surface area contributed by atoms with Crippen molar-refractivity contribution in [2.75, 3.05) is 5.33 Å². The summed E-state index contributed by atoms with van der Waals surface area (Å²) < 4.78 is 0. The summed E-state index contributed by atoms with van der Waals surface area (Å²) in [5, 5.41) is 1.04. The Morgan fingerprint density at radius 2 is 2.12 bits per heavy atom. The van der Waals surface area contributed by atoms with E-state index in [-0.39, 0.29) is 0 Å². The van der Waals surface area contributed by atoms with Crippen molar-refractivity contribution in [3.8, 4) is 0 Å². The molecule has 0 aromatic rings. The summed E-state index contributed by atoms with van der Waals surface area (Å²) in [4.78, 5) is 0. The zero-order chi connectivity index (χ0) is 6.41. The SMILES string of the molecule is CC/C=C(/CC)CBr. The highest BCUT2D eigenvalue weighted by Gasteiger charge is 1.85. The first kappa shape index (κ1) is 8.22. The number of hydrogen-bond acceptors (Lipinski definition) is 0. The van der Waals surface area contributed by atoms with Crippen LogP contribution in [0.1, 0.15) is 26.7 Å². The Morgan fingerprint density at radius 1 is 1.50 bits per heavy atom. The van der Waals surface area contributed by atoms with Gasteiger partial charge in [-0.3, -0.25) is 0 Å². The topological polar surface area (TPSA) is 0 Å². The van der Waals surface area contributed by atoms with Crippen LogP contribution in [-0.2, 0) is 0 Å². The average molecular weight is 177 g/mol. The monoisotopic (exact) mass is 176 g/mol. The minimum Gasteiger partial charge on any atom is -0.0880 e. The largest absolute Gasteiger partial charge is 0.0880 e. The number of rotatable bonds is 3. The van der Waals surface area contributed by atoms with Gasteiger partial charge in [0, 0.05) is 5.33 Å². The van der Waals surface area contributed by atoms with E-state index in [0.29, 0.717) is 0 Å². The highest BCUT2D eigenvalue weighted by molar-refractivity contribution is 9.09. The lowest BCUT2D eigenvalue weighted by atomic mass is 10.2. The summed E-state index contributed by atoms with van der Waals surface area (Å²) in [6, 6.07) is 0. The third-order valence-corrected chi connectivity index (χ3v) is 1.84. The van der Waals surface area contributed by atoms with Gasteiger partial charge in [0.15, 0.2) is 0 Å². The van der Waals surface area contributed by atoms with Crippen LogP contribution >= 0.6 is 15.9 Å². The summed E-state index contributed by atoms with van der Waals surface area (Å²) in [5.41, 5.74) is 1.51. The molecule has 0 saturated carbocycles. The first-order valence-electron chi connectivity index (χ1n) is 3.09. The Bertz CT molecular complexity index is 68.5. The Kier molecular flexibility index (Phi) is 5.51. The lowest BCUT2D eigenvalue weighted by Gasteiger charge is -1.94. The molecule has 0 spiro atoms. The van der Waals surface area contributed by atoms with Crippen molar-refractivity contribution in [3.63, 3.8) is 0 Å². The van der Waals surface area contributed by atoms with Crippen LogP contribution in [0, 0.1) is 0 Å². The fourth-order valence-corrected chi connectivity index (χ4v) is 1.21. The van der Waals surface area contributed by atoms with Gasteiger partial charge < -0.3 is 0 Å². The number of hydrogen-bond donors (Lipinski definition) is 0. The van der Waals surface area contributed by atoms with Gasteiger partial charge in [-0.2, -0.15) is 0 Å². The van der Waals surface area contributed by atoms with Crippen LogP contribution in [0.3, 0.4) is 0 Å². The molecule has 8 heavy (non-hydrogen) atoms. The van der Waals surface area contributed by atoms with Crippen molar-refractivity contribution >= 4 is 15.9 Å². The Labute approximate surface area is 60.1 Å². The molecule has 0 aliphatic carbocycles. The fraction of sp³-hybridized carbons (Fsp3) is 0.714. The molecule has 0 bridgehead atoms. The van der Waals surface area contributed by atoms with Crippen LogP contribution in [0.4, 0.5) is 0 Å². The van der Waals surface area contributed by atoms with E-state index in [1.54, 1.807) is 0 Å². The minimum absolute atomic E-state index is 1.04. The first-order chi connectivity index (χ1) is 3.85. The third-order valence-electron chi connectivity index (χ3n) is 1.12. The van der Waals surface area contributed by atoms with Gasteiger partial charge in [-0.25, -0.2) is 0 Å². The van der Waals surface area contributed by atoms with Crippen molar-refractivity contribution < 1.29 is 0 Å². The molecule has 0 amide bonds. The average Bonchev–Trinajstić information content (AvgIpc) is 1.83. The van der Waals surface area contributed by atoms with E-state index in [4.69, 9.17) is 0 Å². The number of alkyl halides is 1. The summed E-state index contributed by atoms with van der Waals surface area (Å²) in [6.07, 6.45) is 4.61. The molecule has 0 saturated heterocycles. The molecule has 1 heteroatoms. The molecular weight excluding hydrogens is 164 g/mol. The smallest absolute Gasteiger partial charge is 0.0241 e. The van der Waals surface area contributed by atoms with E-state index in [9.17, 15) is 0 Å². The quantitative estimate of drug-likeness (QED) is 0.459. The standard InChI is InChI=1S/C7H13Br/c1-3-5-7(4-2)6-8/h5H,3-4,6H2,1-2H3/b7-5-. The van der Waals surface area contributed by atoms with Gasteiger partial charge in [0.1, 0.15) is 0 Å². The van der Waals surface area contributed by atoms with Crippen LogP contribution in [0.2, 0.25) is 0 Å². The van der Waals surface area contributed by atoms with Gasteiger partial charge >= 0.3 is 0 Å². The summed E-state index contributed by atoms with van der Waals surface area (Å²) in [7, 11) is 0. The molecular formula is C7H13Br. The van der Waals surface area contributed by atoms with Gasteiger partial charge in [-0.15, -0.1) is 0 Å². The van der Waals surface area contributed by atoms with Gasteiger partial charge in [-0.05, 0) is 12.8 Å². The van der Waals surface area contributed by atoms with Crippen LogP contribution in [-0.4, -0.2) is 5.33 Å². The first-order valence-corrected chi connectivity index (χ1v) is 4.21. The highest BCUT2D eigenvalue weighted by atomic mass is 79.9. The Balaban J connectivity index is 3.49. The fourth-order valence-electron chi connectivity index (χ4n) is 0.582. The molecule has 0 aromatic heterocycles. The Morgan fingerprint density at radius 3 is 2.25 bits per heavy atom. The minimum atomic E-state index is 1.04. The maximum Gasteiger partial charge on any atom is 0.0241 e. The predicted molar refractivity (Wildman–Crippen MR) is 42.5 cm³/mol. The van der Waals surface area contributed by atoms with Crippen molar-refractivity contribution in [2.24, 2.45) is 0 Å². The number of halogens is 1. The Hall–Kier alpha value is 0.220. The molecule has 0 aliphatic heterocycles. The second kappa shape index (κ2) is 5.36. The van der Waals surface area contributed by atoms with E-state index in [0.717, 1.165) is 11.8 Å². The second-order valence-corrected chi connectivity index (χ2v) is 2.32. The zero-order valence-electron chi connectivity index (χ0n) is 5.58. The van der Waals surface area contributed by atoms with Gasteiger partial charge in [0.25, 0.3) is 0 Å². The van der Waals surface area contributed by atoms with E-state index in [2.05, 4.69) is 35.9 Å². The van der Waals surface area contributed by atoms with Crippen LogP contribution in [0.25, 0.3) is 0 Å². The van der Waals surface area contributed by atoms with Crippen molar-refractivity contribution in [1.29, 1.82) is 0 Å². The van der Waals surface area contributed by atoms with Crippen LogP contribution in [0.5, 0.6) is 0 Å². The molecule has 0 radical (unpaired) electrons. The summed E-state index contributed by atoms with van der Waals surface area (Å²) >= 11 is 3.41. The summed E-state index contributed by atoms with van der Waals surface area (Å²) in [5.74, 6) is 0. The molecule has 48 valence electrons. The molecule has 0 rings (SSSR count). The molecule has 0 unspecified atom stereocenters. The van der Waals surface area contributed by atoms with Crippen molar-refractivity contribution in [3.05, 3.63) is 11.6 Å². The molecule has 0 aliphatic rings. The third kappa shape index (κ3) is 3.25. The lowest BCUT2D eigenvalue weighted by Crippen LogP contribution is -1.79. The van der Waals surface area contributed by atoms with Gasteiger partial charge in [0.2, 0.25) is 0 Å². The molecule has 0 nitrogen and oxygen atoms in total. The molecule has 0 heterocycles. The van der Waals surface area contributed by atoms with Gasteiger partial charge in [-0.1, -0.05) is 41.4 Å². The predicted octanol–water partition coefficient (Wildman–Crippen LogP) is 3.13. The molecule has 0 N–H and O–H groups in total. The number of allylic oxidation sites excluding steroid dienone is 2.